The van der Waals surface area contributed by atoms with E-state index in [1.807, 2.05) is 60.7 Å². The average Bonchev–Trinajstić information content (AvgIpc) is 3.20. The number of hydrogen-bond donors (Lipinski definition) is 2. The second-order valence-corrected chi connectivity index (χ2v) is 7.27. The maximum Gasteiger partial charge on any atom is 0.217 e. The van der Waals surface area contributed by atoms with E-state index in [0.29, 0.717) is 18.8 Å². The molecule has 8 nitrogen and oxygen atoms in total. The molecule has 31 heavy (non-hydrogen) atoms. The fourth-order valence-corrected chi connectivity index (χ4v) is 3.28. The number of rotatable bonds is 10. The molecule has 0 aliphatic carbocycles. The Kier molecular flexibility index (Phi) is 7.89. The summed E-state index contributed by atoms with van der Waals surface area (Å²) in [6.45, 7) is 4.01. The van der Waals surface area contributed by atoms with E-state index >= 15 is 0 Å². The first-order chi connectivity index (χ1) is 15.0. The molecule has 0 aliphatic rings. The van der Waals surface area contributed by atoms with Gasteiger partial charge in [0.05, 0.1) is 38.0 Å². The van der Waals surface area contributed by atoms with Crippen LogP contribution in [0.15, 0.2) is 66.9 Å². The van der Waals surface area contributed by atoms with Crippen LogP contribution in [0.2, 0.25) is 0 Å². The lowest BCUT2D eigenvalue weighted by atomic mass is 10.1. The smallest absolute Gasteiger partial charge is 0.217 e. The van der Waals surface area contributed by atoms with Gasteiger partial charge < -0.3 is 15.4 Å². The van der Waals surface area contributed by atoms with Crippen molar-refractivity contribution in [1.29, 1.82) is 0 Å². The van der Waals surface area contributed by atoms with Crippen molar-refractivity contribution >= 4 is 11.8 Å². The number of benzene rings is 2. The van der Waals surface area contributed by atoms with Crippen molar-refractivity contribution in [2.75, 3.05) is 6.61 Å². The van der Waals surface area contributed by atoms with Crippen molar-refractivity contribution in [3.05, 3.63) is 83.7 Å². The number of ether oxygens (including phenoxy) is 1. The van der Waals surface area contributed by atoms with Crippen molar-refractivity contribution < 1.29 is 14.3 Å². The highest BCUT2D eigenvalue weighted by molar-refractivity contribution is 5.73. The average molecular weight is 422 g/mol. The predicted molar refractivity (Wildman–Crippen MR) is 116 cm³/mol. The third-order valence-corrected chi connectivity index (χ3v) is 4.65. The van der Waals surface area contributed by atoms with E-state index in [1.54, 1.807) is 10.9 Å². The van der Waals surface area contributed by atoms with Gasteiger partial charge in [0.15, 0.2) is 0 Å². The molecule has 0 saturated heterocycles. The van der Waals surface area contributed by atoms with Gasteiger partial charge in [-0.2, -0.15) is 0 Å². The van der Waals surface area contributed by atoms with Crippen LogP contribution < -0.4 is 10.6 Å². The van der Waals surface area contributed by atoms with Crippen LogP contribution in [0.3, 0.4) is 0 Å². The summed E-state index contributed by atoms with van der Waals surface area (Å²) in [5.41, 5.74) is 2.64. The molecule has 1 heterocycles. The van der Waals surface area contributed by atoms with Crippen molar-refractivity contribution in [2.24, 2.45) is 0 Å². The summed E-state index contributed by atoms with van der Waals surface area (Å²) in [5.74, 6) is -0.226. The molecule has 1 aromatic heterocycles. The van der Waals surface area contributed by atoms with E-state index < -0.39 is 0 Å². The second kappa shape index (κ2) is 11.0. The van der Waals surface area contributed by atoms with Gasteiger partial charge >= 0.3 is 0 Å². The number of aromatic nitrogens is 3. The SMILES string of the molecule is CC(=O)NC(COCc1cn(CC(NC(C)=O)c2ccccc2)nn1)c1ccccc1. The maximum absolute atomic E-state index is 11.6. The predicted octanol–water partition coefficient (Wildman–Crippen LogP) is 2.55. The van der Waals surface area contributed by atoms with E-state index in [-0.39, 0.29) is 30.5 Å². The quantitative estimate of drug-likeness (QED) is 0.524. The molecule has 8 heteroatoms. The molecule has 0 spiro atoms. The van der Waals surface area contributed by atoms with Gasteiger partial charge in [0, 0.05) is 13.8 Å². The first-order valence-corrected chi connectivity index (χ1v) is 10.1. The van der Waals surface area contributed by atoms with Crippen LogP contribution in [-0.2, 0) is 27.5 Å². The van der Waals surface area contributed by atoms with E-state index in [2.05, 4.69) is 20.9 Å². The minimum Gasteiger partial charge on any atom is -0.373 e. The van der Waals surface area contributed by atoms with Gasteiger partial charge in [-0.15, -0.1) is 5.10 Å². The van der Waals surface area contributed by atoms with Crippen molar-refractivity contribution in [2.45, 2.75) is 39.1 Å². The standard InChI is InChI=1S/C23H27N5O3/c1-17(29)24-22(19-9-5-3-6-10-19)14-28-13-21(26-27-28)15-31-16-23(25-18(2)30)20-11-7-4-8-12-20/h3-13,22-23H,14-16H2,1-2H3,(H,24,29)(H,25,30). The fourth-order valence-electron chi connectivity index (χ4n) is 3.28. The third-order valence-electron chi connectivity index (χ3n) is 4.65. The summed E-state index contributed by atoms with van der Waals surface area (Å²) < 4.78 is 7.49. The second-order valence-electron chi connectivity index (χ2n) is 7.27. The Morgan fingerprint density at radius 2 is 1.45 bits per heavy atom. The topological polar surface area (TPSA) is 98.1 Å². The minimum atomic E-state index is -0.240. The maximum atomic E-state index is 11.6. The van der Waals surface area contributed by atoms with Crippen molar-refractivity contribution in [3.63, 3.8) is 0 Å². The summed E-state index contributed by atoms with van der Waals surface area (Å²) in [6.07, 6.45) is 1.80. The third kappa shape index (κ3) is 7.04. The van der Waals surface area contributed by atoms with Crippen molar-refractivity contribution in [3.8, 4) is 0 Å². The fraction of sp³-hybridized carbons (Fsp3) is 0.304. The van der Waals surface area contributed by atoms with Crippen LogP contribution in [-0.4, -0.2) is 33.4 Å². The van der Waals surface area contributed by atoms with E-state index in [4.69, 9.17) is 4.74 Å². The summed E-state index contributed by atoms with van der Waals surface area (Å²) >= 11 is 0. The van der Waals surface area contributed by atoms with Crippen LogP contribution in [0.1, 0.15) is 42.8 Å². The van der Waals surface area contributed by atoms with Gasteiger partial charge in [-0.3, -0.25) is 9.59 Å². The van der Waals surface area contributed by atoms with Crippen LogP contribution >= 0.6 is 0 Å². The number of hydrogen-bond acceptors (Lipinski definition) is 5. The Bertz CT molecular complexity index is 975. The molecule has 0 bridgehead atoms. The molecule has 2 N–H and O–H groups in total. The number of nitrogens with one attached hydrogen (secondary N) is 2. The zero-order valence-electron chi connectivity index (χ0n) is 17.7. The Balaban J connectivity index is 1.58. The highest BCUT2D eigenvalue weighted by Gasteiger charge is 2.16. The lowest BCUT2D eigenvalue weighted by Gasteiger charge is -2.18. The highest BCUT2D eigenvalue weighted by Crippen LogP contribution is 2.16. The van der Waals surface area contributed by atoms with E-state index in [1.165, 1.54) is 13.8 Å². The number of carbonyl (C=O) groups is 2. The van der Waals surface area contributed by atoms with Gasteiger partial charge in [-0.25, -0.2) is 4.68 Å². The molecular weight excluding hydrogens is 394 g/mol. The summed E-state index contributed by atoms with van der Waals surface area (Å²) in [6, 6.07) is 19.0. The Labute approximate surface area is 181 Å². The first kappa shape index (κ1) is 22.2. The Morgan fingerprint density at radius 3 is 2.03 bits per heavy atom. The molecule has 2 amide bonds. The number of amides is 2. The largest absolute Gasteiger partial charge is 0.373 e. The molecule has 2 atom stereocenters. The molecule has 0 radical (unpaired) electrons. The van der Waals surface area contributed by atoms with E-state index in [9.17, 15) is 9.59 Å². The van der Waals surface area contributed by atoms with Gasteiger partial charge in [0.1, 0.15) is 5.69 Å². The molecule has 2 aromatic carbocycles. The molecule has 3 aromatic rings. The van der Waals surface area contributed by atoms with Crippen LogP contribution in [0.4, 0.5) is 0 Å². The van der Waals surface area contributed by atoms with Crippen LogP contribution in [0.25, 0.3) is 0 Å². The lowest BCUT2D eigenvalue weighted by molar-refractivity contribution is -0.120. The highest BCUT2D eigenvalue weighted by atomic mass is 16.5. The van der Waals surface area contributed by atoms with Gasteiger partial charge in [0.25, 0.3) is 0 Å². The zero-order valence-corrected chi connectivity index (χ0v) is 17.7. The van der Waals surface area contributed by atoms with Crippen LogP contribution in [0.5, 0.6) is 0 Å². The number of carbonyl (C=O) groups excluding carboxylic acids is 2. The van der Waals surface area contributed by atoms with E-state index in [0.717, 1.165) is 11.1 Å². The van der Waals surface area contributed by atoms with Gasteiger partial charge in [-0.05, 0) is 11.1 Å². The summed E-state index contributed by atoms with van der Waals surface area (Å²) in [4.78, 5) is 23.2. The number of nitrogens with zero attached hydrogens (tertiary/aromatic N) is 3. The monoisotopic (exact) mass is 421 g/mol. The van der Waals surface area contributed by atoms with Gasteiger partial charge in [0.2, 0.25) is 11.8 Å². The summed E-state index contributed by atoms with van der Waals surface area (Å²) in [5, 5.41) is 14.2. The Morgan fingerprint density at radius 1 is 0.903 bits per heavy atom. The summed E-state index contributed by atoms with van der Waals surface area (Å²) in [7, 11) is 0. The molecule has 2 unspecified atom stereocenters. The van der Waals surface area contributed by atoms with Gasteiger partial charge in [-0.1, -0.05) is 65.9 Å². The first-order valence-electron chi connectivity index (χ1n) is 10.1. The molecule has 0 aliphatic heterocycles. The lowest BCUT2D eigenvalue weighted by Crippen LogP contribution is -2.29. The molecule has 162 valence electrons. The van der Waals surface area contributed by atoms with Crippen molar-refractivity contribution in [1.82, 2.24) is 25.6 Å². The minimum absolute atomic E-state index is 0.109. The molecule has 0 fully saturated rings. The van der Waals surface area contributed by atoms with Crippen LogP contribution in [0, 0.1) is 0 Å². The Hall–Kier alpha value is -3.52. The zero-order chi connectivity index (χ0) is 22.1. The molecule has 0 saturated carbocycles. The normalized spacial score (nSPS) is 12.7. The molecular formula is C23H27N5O3. The molecule has 3 rings (SSSR count).